The smallest absolute Gasteiger partial charge is 0.160 e. The minimum atomic E-state index is -0.0728. The second-order valence-electron chi connectivity index (χ2n) is 6.21. The van der Waals surface area contributed by atoms with Crippen LogP contribution in [0.3, 0.4) is 0 Å². The topological polar surface area (TPSA) is 41.9 Å². The first kappa shape index (κ1) is 13.7. The summed E-state index contributed by atoms with van der Waals surface area (Å²) < 4.78 is 10.8. The zero-order valence-electron chi connectivity index (χ0n) is 13.1. The summed E-state index contributed by atoms with van der Waals surface area (Å²) >= 11 is 0. The third kappa shape index (κ3) is 1.67. The van der Waals surface area contributed by atoms with E-state index in [1.54, 1.807) is 14.2 Å². The number of phenolic OH excluding ortho intramolecular Hbond substituents is 1. The number of hydrogen-bond donors (Lipinski definition) is 1. The number of rotatable bonds is 2. The van der Waals surface area contributed by atoms with Gasteiger partial charge in [-0.3, -0.25) is 4.90 Å². The fraction of sp³-hybridized carbons (Fsp3) is 0.444. The summed E-state index contributed by atoms with van der Waals surface area (Å²) in [5, 5.41) is 10.1. The van der Waals surface area contributed by atoms with Crippen LogP contribution in [0, 0.1) is 0 Å². The SMILES string of the molecule is COC1=CC2=CCN3CCc4cc(O)c(OC)cc4[C@@]23CC1. The zero-order chi connectivity index (χ0) is 15.3. The summed E-state index contributed by atoms with van der Waals surface area (Å²) in [5.74, 6) is 1.85. The molecule has 0 radical (unpaired) electrons. The van der Waals surface area contributed by atoms with Crippen LogP contribution in [0.2, 0.25) is 0 Å². The van der Waals surface area contributed by atoms with E-state index in [2.05, 4.69) is 17.1 Å². The number of fused-ring (bicyclic) bond motifs is 1. The van der Waals surface area contributed by atoms with Crippen molar-refractivity contribution in [3.63, 3.8) is 0 Å². The van der Waals surface area contributed by atoms with E-state index in [4.69, 9.17) is 9.47 Å². The number of nitrogens with zero attached hydrogens (tertiary/aromatic N) is 1. The molecule has 116 valence electrons. The Morgan fingerprint density at radius 3 is 2.82 bits per heavy atom. The van der Waals surface area contributed by atoms with Crippen molar-refractivity contribution >= 4 is 0 Å². The normalized spacial score (nSPS) is 26.5. The van der Waals surface area contributed by atoms with Crippen molar-refractivity contribution in [1.29, 1.82) is 0 Å². The van der Waals surface area contributed by atoms with E-state index in [1.807, 2.05) is 12.1 Å². The maximum atomic E-state index is 10.1. The Bertz CT molecular complexity index is 692. The first-order valence-corrected chi connectivity index (χ1v) is 7.79. The van der Waals surface area contributed by atoms with Gasteiger partial charge in [0.2, 0.25) is 0 Å². The molecule has 0 saturated carbocycles. The first-order valence-electron chi connectivity index (χ1n) is 7.79. The van der Waals surface area contributed by atoms with E-state index in [0.29, 0.717) is 5.75 Å². The summed E-state index contributed by atoms with van der Waals surface area (Å²) in [6.45, 7) is 2.00. The molecule has 0 amide bonds. The van der Waals surface area contributed by atoms with Crippen LogP contribution >= 0.6 is 0 Å². The van der Waals surface area contributed by atoms with E-state index in [1.165, 1.54) is 16.7 Å². The standard InChI is InChI=1S/C18H21NO3/c1-21-14-3-6-18-13(10-14)5-8-19(18)7-4-12-9-16(20)17(22-2)11-15(12)18/h5,9-11,20H,3-4,6-8H2,1-2H3/t18-/m1/s1. The molecular weight excluding hydrogens is 278 g/mol. The number of phenols is 1. The van der Waals surface area contributed by atoms with E-state index in [9.17, 15) is 5.11 Å². The molecule has 4 heteroatoms. The Balaban J connectivity index is 1.90. The van der Waals surface area contributed by atoms with Gasteiger partial charge in [0.05, 0.1) is 25.5 Å². The number of ether oxygens (including phenoxy) is 2. The lowest BCUT2D eigenvalue weighted by Crippen LogP contribution is -2.49. The van der Waals surface area contributed by atoms with E-state index >= 15 is 0 Å². The molecule has 0 aromatic heterocycles. The molecule has 1 spiro atoms. The van der Waals surface area contributed by atoms with Crippen molar-refractivity contribution < 1.29 is 14.6 Å². The van der Waals surface area contributed by atoms with Gasteiger partial charge in [-0.25, -0.2) is 0 Å². The van der Waals surface area contributed by atoms with Gasteiger partial charge >= 0.3 is 0 Å². The van der Waals surface area contributed by atoms with Crippen LogP contribution in [-0.2, 0) is 16.7 Å². The van der Waals surface area contributed by atoms with Crippen molar-refractivity contribution in [2.24, 2.45) is 0 Å². The summed E-state index contributed by atoms with van der Waals surface area (Å²) in [5.41, 5.74) is 3.76. The predicted octanol–water partition coefficient (Wildman–Crippen LogP) is 2.72. The number of benzene rings is 1. The maximum absolute atomic E-state index is 10.1. The van der Waals surface area contributed by atoms with Gasteiger partial charge in [-0.05, 0) is 47.8 Å². The summed E-state index contributed by atoms with van der Waals surface area (Å²) in [6, 6.07) is 3.91. The summed E-state index contributed by atoms with van der Waals surface area (Å²) in [7, 11) is 3.35. The van der Waals surface area contributed by atoms with Crippen LogP contribution < -0.4 is 4.74 Å². The number of methoxy groups -OCH3 is 2. The molecule has 1 atom stereocenters. The molecule has 0 saturated heterocycles. The lowest BCUT2D eigenvalue weighted by Gasteiger charge is -2.47. The highest BCUT2D eigenvalue weighted by Gasteiger charge is 2.49. The highest BCUT2D eigenvalue weighted by atomic mass is 16.5. The summed E-state index contributed by atoms with van der Waals surface area (Å²) in [6.07, 6.45) is 7.42. The van der Waals surface area contributed by atoms with Gasteiger partial charge in [-0.1, -0.05) is 6.08 Å². The highest BCUT2D eigenvalue weighted by Crippen LogP contribution is 2.52. The van der Waals surface area contributed by atoms with Crippen LogP contribution in [0.1, 0.15) is 24.0 Å². The van der Waals surface area contributed by atoms with Crippen molar-refractivity contribution in [3.8, 4) is 11.5 Å². The molecule has 1 aliphatic carbocycles. The number of aromatic hydroxyl groups is 1. The van der Waals surface area contributed by atoms with Crippen molar-refractivity contribution in [2.45, 2.75) is 24.8 Å². The molecule has 0 fully saturated rings. The molecule has 4 rings (SSSR count). The second kappa shape index (κ2) is 4.78. The summed E-state index contributed by atoms with van der Waals surface area (Å²) in [4.78, 5) is 2.55. The minimum absolute atomic E-state index is 0.0728. The highest BCUT2D eigenvalue weighted by molar-refractivity contribution is 5.57. The molecule has 2 aliphatic heterocycles. The van der Waals surface area contributed by atoms with E-state index < -0.39 is 0 Å². The van der Waals surface area contributed by atoms with Crippen molar-refractivity contribution in [1.82, 2.24) is 4.90 Å². The van der Waals surface area contributed by atoms with Crippen molar-refractivity contribution in [2.75, 3.05) is 27.3 Å². The Morgan fingerprint density at radius 2 is 2.05 bits per heavy atom. The average molecular weight is 299 g/mol. The molecular formula is C18H21NO3. The van der Waals surface area contributed by atoms with Crippen LogP contribution in [0.4, 0.5) is 0 Å². The van der Waals surface area contributed by atoms with Gasteiger partial charge in [0.25, 0.3) is 0 Å². The molecule has 4 nitrogen and oxygen atoms in total. The van der Waals surface area contributed by atoms with Crippen LogP contribution in [-0.4, -0.2) is 37.3 Å². The van der Waals surface area contributed by atoms with Gasteiger partial charge in [0, 0.05) is 19.5 Å². The minimum Gasteiger partial charge on any atom is -0.504 e. The van der Waals surface area contributed by atoms with Crippen LogP contribution in [0.25, 0.3) is 0 Å². The molecule has 2 heterocycles. The maximum Gasteiger partial charge on any atom is 0.160 e. The number of allylic oxidation sites excluding steroid dienone is 1. The van der Waals surface area contributed by atoms with E-state index in [0.717, 1.165) is 38.1 Å². The molecule has 1 aromatic rings. The first-order chi connectivity index (χ1) is 10.7. The molecule has 0 unspecified atom stereocenters. The van der Waals surface area contributed by atoms with Crippen molar-refractivity contribution in [3.05, 3.63) is 46.7 Å². The largest absolute Gasteiger partial charge is 0.504 e. The Kier molecular flexibility index (Phi) is 2.98. The van der Waals surface area contributed by atoms with Gasteiger partial charge in [-0.15, -0.1) is 0 Å². The van der Waals surface area contributed by atoms with Crippen LogP contribution in [0.15, 0.2) is 35.6 Å². The third-order valence-electron chi connectivity index (χ3n) is 5.36. The molecule has 22 heavy (non-hydrogen) atoms. The Labute approximate surface area is 130 Å². The zero-order valence-corrected chi connectivity index (χ0v) is 13.1. The third-order valence-corrected chi connectivity index (χ3v) is 5.36. The van der Waals surface area contributed by atoms with Crippen LogP contribution in [0.5, 0.6) is 11.5 Å². The molecule has 1 aromatic carbocycles. The van der Waals surface area contributed by atoms with Gasteiger partial charge in [0.15, 0.2) is 11.5 Å². The fourth-order valence-electron chi connectivity index (χ4n) is 4.27. The van der Waals surface area contributed by atoms with E-state index in [-0.39, 0.29) is 11.3 Å². The molecule has 3 aliphatic rings. The lowest BCUT2D eigenvalue weighted by molar-refractivity contribution is 0.119. The van der Waals surface area contributed by atoms with Gasteiger partial charge in [-0.2, -0.15) is 0 Å². The fourth-order valence-corrected chi connectivity index (χ4v) is 4.27. The monoisotopic (exact) mass is 299 g/mol. The quantitative estimate of drug-likeness (QED) is 0.912. The second-order valence-corrected chi connectivity index (χ2v) is 6.21. The predicted molar refractivity (Wildman–Crippen MR) is 84.0 cm³/mol. The Hall–Kier alpha value is -1.94. The molecule has 1 N–H and O–H groups in total. The number of hydrogen-bond acceptors (Lipinski definition) is 4. The average Bonchev–Trinajstić information content (AvgIpc) is 2.92. The molecule has 0 bridgehead atoms. The van der Waals surface area contributed by atoms with Gasteiger partial charge in [0.1, 0.15) is 0 Å². The lowest BCUT2D eigenvalue weighted by atomic mass is 9.71. The Morgan fingerprint density at radius 1 is 1.18 bits per heavy atom. The van der Waals surface area contributed by atoms with Gasteiger partial charge < -0.3 is 14.6 Å².